The van der Waals surface area contributed by atoms with Gasteiger partial charge < -0.3 is 5.32 Å². The van der Waals surface area contributed by atoms with E-state index in [0.29, 0.717) is 21.6 Å². The van der Waals surface area contributed by atoms with Gasteiger partial charge in [0.2, 0.25) is 5.91 Å². The predicted molar refractivity (Wildman–Crippen MR) is 60.4 cm³/mol. The van der Waals surface area contributed by atoms with Gasteiger partial charge in [-0.05, 0) is 18.2 Å². The van der Waals surface area contributed by atoms with Gasteiger partial charge in [-0.3, -0.25) is 4.79 Å². The Labute approximate surface area is 97.1 Å². The topological polar surface area (TPSA) is 29.1 Å². The summed E-state index contributed by atoms with van der Waals surface area (Å²) in [6, 6.07) is 4.90. The van der Waals surface area contributed by atoms with Gasteiger partial charge in [0.15, 0.2) is 0 Å². The normalized spacial score (nSPS) is 9.93. The molecule has 0 aromatic heterocycles. The van der Waals surface area contributed by atoms with Gasteiger partial charge in [-0.15, -0.1) is 11.6 Å². The Morgan fingerprint density at radius 2 is 2.00 bits per heavy atom. The molecule has 5 heteroatoms. The van der Waals surface area contributed by atoms with Crippen LogP contribution in [-0.2, 0) is 4.79 Å². The van der Waals surface area contributed by atoms with E-state index >= 15 is 0 Å². The molecule has 0 unspecified atom stereocenters. The van der Waals surface area contributed by atoms with Crippen LogP contribution in [-0.4, -0.2) is 11.8 Å². The average molecular weight is 253 g/mol. The third-order valence-corrected chi connectivity index (χ3v) is 2.45. The Bertz CT molecular complexity index is 341. The minimum Gasteiger partial charge on any atom is -0.326 e. The van der Waals surface area contributed by atoms with Gasteiger partial charge in [0.1, 0.15) is 0 Å². The monoisotopic (exact) mass is 251 g/mol. The van der Waals surface area contributed by atoms with E-state index in [2.05, 4.69) is 5.32 Å². The molecular weight excluding hydrogens is 244 g/mol. The lowest BCUT2D eigenvalue weighted by Crippen LogP contribution is -2.11. The quantitative estimate of drug-likeness (QED) is 0.819. The van der Waals surface area contributed by atoms with Crippen LogP contribution in [0.1, 0.15) is 6.42 Å². The molecule has 14 heavy (non-hydrogen) atoms. The molecule has 0 heterocycles. The number of carbonyl (C=O) groups is 1. The fourth-order valence-electron chi connectivity index (χ4n) is 0.883. The lowest BCUT2D eigenvalue weighted by atomic mass is 10.3. The second-order valence-electron chi connectivity index (χ2n) is 2.62. The molecule has 0 spiro atoms. The highest BCUT2D eigenvalue weighted by atomic mass is 35.5. The molecule has 0 saturated heterocycles. The molecule has 0 bridgehead atoms. The molecule has 1 rings (SSSR count). The summed E-state index contributed by atoms with van der Waals surface area (Å²) in [4.78, 5) is 11.1. The van der Waals surface area contributed by atoms with E-state index in [1.165, 1.54) is 0 Å². The molecule has 1 aromatic carbocycles. The molecular formula is C9H8Cl3NO. The molecule has 0 atom stereocenters. The minimum absolute atomic E-state index is 0.140. The largest absolute Gasteiger partial charge is 0.326 e. The zero-order valence-corrected chi connectivity index (χ0v) is 9.46. The standard InChI is InChI=1S/C9H8Cl3NO/c10-4-3-9(14)13-6-1-2-7(11)8(12)5-6/h1-2,5H,3-4H2,(H,13,14). The lowest BCUT2D eigenvalue weighted by Gasteiger charge is -2.04. The van der Waals surface area contributed by atoms with E-state index in [1.807, 2.05) is 0 Å². The van der Waals surface area contributed by atoms with Gasteiger partial charge in [0.05, 0.1) is 10.0 Å². The van der Waals surface area contributed by atoms with Crippen LogP contribution in [0.25, 0.3) is 0 Å². The van der Waals surface area contributed by atoms with Crippen molar-refractivity contribution in [3.05, 3.63) is 28.2 Å². The van der Waals surface area contributed by atoms with Crippen LogP contribution in [0.2, 0.25) is 10.0 Å². The molecule has 1 aromatic rings. The highest BCUT2D eigenvalue weighted by molar-refractivity contribution is 6.42. The van der Waals surface area contributed by atoms with Crippen LogP contribution in [0, 0.1) is 0 Å². The van der Waals surface area contributed by atoms with Gasteiger partial charge in [-0.2, -0.15) is 0 Å². The maximum absolute atomic E-state index is 11.1. The van der Waals surface area contributed by atoms with E-state index in [0.717, 1.165) is 0 Å². The number of nitrogens with one attached hydrogen (secondary N) is 1. The van der Waals surface area contributed by atoms with Crippen LogP contribution >= 0.6 is 34.8 Å². The van der Waals surface area contributed by atoms with Gasteiger partial charge in [0, 0.05) is 18.0 Å². The van der Waals surface area contributed by atoms with Crippen LogP contribution in [0.15, 0.2) is 18.2 Å². The zero-order chi connectivity index (χ0) is 10.6. The third-order valence-electron chi connectivity index (χ3n) is 1.52. The molecule has 0 aliphatic rings. The summed E-state index contributed by atoms with van der Waals surface area (Å²) < 4.78 is 0. The summed E-state index contributed by atoms with van der Waals surface area (Å²) in [7, 11) is 0. The smallest absolute Gasteiger partial charge is 0.225 e. The highest BCUT2D eigenvalue weighted by Crippen LogP contribution is 2.24. The molecule has 1 N–H and O–H groups in total. The Kier molecular flexibility index (Phi) is 4.52. The second-order valence-corrected chi connectivity index (χ2v) is 3.81. The number of hydrogen-bond donors (Lipinski definition) is 1. The SMILES string of the molecule is O=C(CCCl)Nc1ccc(Cl)c(Cl)c1. The first-order valence-electron chi connectivity index (χ1n) is 3.94. The molecule has 76 valence electrons. The van der Waals surface area contributed by atoms with Crippen molar-refractivity contribution in [1.29, 1.82) is 0 Å². The average Bonchev–Trinajstić information content (AvgIpc) is 2.12. The van der Waals surface area contributed by atoms with E-state index in [4.69, 9.17) is 34.8 Å². The molecule has 0 saturated carbocycles. The van der Waals surface area contributed by atoms with E-state index in [9.17, 15) is 4.79 Å². The summed E-state index contributed by atoms with van der Waals surface area (Å²) in [5, 5.41) is 3.52. The Hall–Kier alpha value is -0.440. The number of alkyl halides is 1. The van der Waals surface area contributed by atoms with Crippen LogP contribution in [0.3, 0.4) is 0 Å². The Balaban J connectivity index is 2.68. The van der Waals surface area contributed by atoms with E-state index in [-0.39, 0.29) is 12.3 Å². The zero-order valence-electron chi connectivity index (χ0n) is 7.19. The number of benzene rings is 1. The number of anilines is 1. The number of carbonyl (C=O) groups excluding carboxylic acids is 1. The minimum atomic E-state index is -0.140. The van der Waals surface area contributed by atoms with Gasteiger partial charge in [0.25, 0.3) is 0 Å². The summed E-state index contributed by atoms with van der Waals surface area (Å²) in [6.07, 6.45) is 0.280. The number of hydrogen-bond acceptors (Lipinski definition) is 1. The highest BCUT2D eigenvalue weighted by Gasteiger charge is 2.03. The van der Waals surface area contributed by atoms with E-state index < -0.39 is 0 Å². The fourth-order valence-corrected chi connectivity index (χ4v) is 1.35. The van der Waals surface area contributed by atoms with Crippen molar-refractivity contribution >= 4 is 46.4 Å². The van der Waals surface area contributed by atoms with E-state index in [1.54, 1.807) is 18.2 Å². The number of amides is 1. The van der Waals surface area contributed by atoms with Crippen molar-refractivity contribution < 1.29 is 4.79 Å². The molecule has 0 fully saturated rings. The Morgan fingerprint density at radius 3 is 2.57 bits per heavy atom. The first-order chi connectivity index (χ1) is 6.63. The summed E-state index contributed by atoms with van der Waals surface area (Å²) >= 11 is 16.9. The summed E-state index contributed by atoms with van der Waals surface area (Å²) in [6.45, 7) is 0. The van der Waals surface area contributed by atoms with Gasteiger partial charge in [-0.1, -0.05) is 23.2 Å². The van der Waals surface area contributed by atoms with Gasteiger partial charge in [-0.25, -0.2) is 0 Å². The molecule has 1 amide bonds. The molecule has 2 nitrogen and oxygen atoms in total. The first kappa shape index (κ1) is 11.6. The van der Waals surface area contributed by atoms with Gasteiger partial charge >= 0.3 is 0 Å². The second kappa shape index (κ2) is 5.44. The number of rotatable bonds is 3. The van der Waals surface area contributed by atoms with Crippen LogP contribution < -0.4 is 5.32 Å². The van der Waals surface area contributed by atoms with Crippen molar-refractivity contribution in [2.75, 3.05) is 11.2 Å². The lowest BCUT2D eigenvalue weighted by molar-refractivity contribution is -0.115. The van der Waals surface area contributed by atoms with Crippen molar-refractivity contribution in [1.82, 2.24) is 0 Å². The maximum Gasteiger partial charge on any atom is 0.225 e. The summed E-state index contributed by atoms with van der Waals surface area (Å²) in [5.74, 6) is 0.158. The maximum atomic E-state index is 11.1. The fraction of sp³-hybridized carbons (Fsp3) is 0.222. The third kappa shape index (κ3) is 3.37. The van der Waals surface area contributed by atoms with Crippen molar-refractivity contribution in [3.63, 3.8) is 0 Å². The molecule has 0 radical (unpaired) electrons. The summed E-state index contributed by atoms with van der Waals surface area (Å²) in [5.41, 5.74) is 0.620. The van der Waals surface area contributed by atoms with Crippen LogP contribution in [0.5, 0.6) is 0 Å². The van der Waals surface area contributed by atoms with Crippen molar-refractivity contribution in [2.45, 2.75) is 6.42 Å². The van der Waals surface area contributed by atoms with Crippen molar-refractivity contribution in [2.24, 2.45) is 0 Å². The van der Waals surface area contributed by atoms with Crippen molar-refractivity contribution in [3.8, 4) is 0 Å². The van der Waals surface area contributed by atoms with Crippen LogP contribution in [0.4, 0.5) is 5.69 Å². The number of halogens is 3. The molecule has 0 aliphatic heterocycles. The molecule has 0 aliphatic carbocycles. The predicted octanol–water partition coefficient (Wildman–Crippen LogP) is 3.56. The Morgan fingerprint density at radius 1 is 1.29 bits per heavy atom. The first-order valence-corrected chi connectivity index (χ1v) is 5.23.